The molecule has 1 heterocycles. The number of carboxylic acids is 1. The molecule has 0 bridgehead atoms. The highest BCUT2D eigenvalue weighted by Crippen LogP contribution is 2.20. The predicted octanol–water partition coefficient (Wildman–Crippen LogP) is 3.61. The zero-order chi connectivity index (χ0) is 25.3. The Morgan fingerprint density at radius 1 is 1.21 bits per heavy atom. The number of halogens is 4. The molecule has 12 heteroatoms. The van der Waals surface area contributed by atoms with Crippen molar-refractivity contribution in [1.82, 2.24) is 5.06 Å². The van der Waals surface area contributed by atoms with Crippen LogP contribution in [0, 0.1) is 0 Å². The van der Waals surface area contributed by atoms with Crippen LogP contribution in [-0.4, -0.2) is 71.7 Å². The number of nitrogens with zero attached hydrogens (tertiary/aromatic N) is 1. The number of hydrogen-bond acceptors (Lipinski definition) is 7. The van der Waals surface area contributed by atoms with Crippen molar-refractivity contribution in [2.75, 3.05) is 26.3 Å². The smallest absolute Gasteiger partial charge is 0.490 e. The summed E-state index contributed by atoms with van der Waals surface area (Å²) in [5, 5.41) is 19.6. The minimum Gasteiger partial charge on any atom is -0.491 e. The second-order valence-corrected chi connectivity index (χ2v) is 7.62. The monoisotopic (exact) mass is 505 g/mol. The summed E-state index contributed by atoms with van der Waals surface area (Å²) in [4.78, 5) is 25.9. The van der Waals surface area contributed by atoms with Crippen LogP contribution in [0.2, 0.25) is 5.02 Å². The van der Waals surface area contributed by atoms with Gasteiger partial charge in [-0.1, -0.05) is 23.7 Å². The maximum atomic E-state index is 11.4. The van der Waals surface area contributed by atoms with Crippen molar-refractivity contribution in [2.24, 2.45) is 0 Å². The van der Waals surface area contributed by atoms with Crippen LogP contribution in [0.15, 0.2) is 48.5 Å². The molecule has 1 aliphatic rings. The number of aliphatic carboxylic acids is 1. The minimum atomic E-state index is -5.08. The van der Waals surface area contributed by atoms with E-state index < -0.39 is 18.2 Å². The van der Waals surface area contributed by atoms with Crippen LogP contribution in [0.5, 0.6) is 11.5 Å². The molecule has 0 unspecified atom stereocenters. The van der Waals surface area contributed by atoms with Gasteiger partial charge >= 0.3 is 12.1 Å². The maximum absolute atomic E-state index is 11.4. The quantitative estimate of drug-likeness (QED) is 0.524. The number of aliphatic hydroxyl groups is 1. The number of rotatable bonds is 8. The molecule has 0 aliphatic carbocycles. The van der Waals surface area contributed by atoms with Crippen molar-refractivity contribution >= 4 is 23.4 Å². The largest absolute Gasteiger partial charge is 0.491 e. The highest BCUT2D eigenvalue weighted by atomic mass is 35.5. The number of aliphatic hydroxyl groups excluding tert-OH is 1. The third kappa shape index (κ3) is 9.56. The fourth-order valence-corrected chi connectivity index (χ4v) is 2.84. The number of hydrogen-bond donors (Lipinski definition) is 2. The maximum Gasteiger partial charge on any atom is 0.490 e. The number of ketones is 1. The van der Waals surface area contributed by atoms with Crippen molar-refractivity contribution in [2.45, 2.75) is 25.3 Å². The fraction of sp³-hybridized carbons (Fsp3) is 0.364. The molecule has 2 aromatic carbocycles. The zero-order valence-corrected chi connectivity index (χ0v) is 18.8. The third-order valence-corrected chi connectivity index (χ3v) is 4.56. The highest BCUT2D eigenvalue weighted by molar-refractivity contribution is 6.30. The van der Waals surface area contributed by atoms with E-state index in [2.05, 4.69) is 0 Å². The van der Waals surface area contributed by atoms with E-state index in [9.17, 15) is 23.1 Å². The van der Waals surface area contributed by atoms with Crippen molar-refractivity contribution in [3.05, 3.63) is 59.1 Å². The Labute approximate surface area is 198 Å². The second-order valence-electron chi connectivity index (χ2n) is 7.19. The molecule has 0 saturated carbocycles. The minimum absolute atomic E-state index is 0.0294. The summed E-state index contributed by atoms with van der Waals surface area (Å²) in [5.74, 6) is -1.51. The van der Waals surface area contributed by atoms with Gasteiger partial charge in [-0.15, -0.1) is 0 Å². The van der Waals surface area contributed by atoms with E-state index in [4.69, 9.17) is 35.8 Å². The lowest BCUT2D eigenvalue weighted by Gasteiger charge is -2.19. The van der Waals surface area contributed by atoms with E-state index in [1.54, 1.807) is 41.5 Å². The molecule has 186 valence electrons. The standard InChI is InChI=1S/C20H22ClNO5.C2HF3O2/c1-14(23)15-3-2-4-19(9-15)25-12-17(24)10-22-11-20(13-26-22)27-18-7-5-16(21)6-8-18;3-2(4,5)1(6)7/h2-9,17,20,24H,10-13H2,1H3;(H,6,7)/t17-,20+;/m0./s1. The van der Waals surface area contributed by atoms with Gasteiger partial charge in [-0.05, 0) is 43.3 Å². The first kappa shape index (κ1) is 27.4. The van der Waals surface area contributed by atoms with Gasteiger partial charge in [0.2, 0.25) is 0 Å². The summed E-state index contributed by atoms with van der Waals surface area (Å²) >= 11 is 5.86. The Kier molecular flexibility index (Phi) is 10.1. The molecule has 0 radical (unpaired) electrons. The van der Waals surface area contributed by atoms with Crippen LogP contribution in [0.4, 0.5) is 13.2 Å². The van der Waals surface area contributed by atoms with Crippen LogP contribution in [0.25, 0.3) is 0 Å². The summed E-state index contributed by atoms with van der Waals surface area (Å²) in [6.45, 7) is 2.86. The molecule has 1 saturated heterocycles. The van der Waals surface area contributed by atoms with Gasteiger partial charge in [-0.3, -0.25) is 9.63 Å². The zero-order valence-electron chi connectivity index (χ0n) is 18.0. The fourth-order valence-electron chi connectivity index (χ4n) is 2.71. The van der Waals surface area contributed by atoms with Crippen molar-refractivity contribution in [1.29, 1.82) is 0 Å². The average molecular weight is 506 g/mol. The number of benzene rings is 2. The predicted molar refractivity (Wildman–Crippen MR) is 115 cm³/mol. The summed E-state index contributed by atoms with van der Waals surface area (Å²) in [6, 6.07) is 14.1. The number of β-amino-alcohol motifs (C(OH)–C–C–N with tert-alkyl or cyclic N) is 1. The Hall–Kier alpha value is -2.86. The van der Waals surface area contributed by atoms with Crippen LogP contribution < -0.4 is 9.47 Å². The van der Waals surface area contributed by atoms with Gasteiger partial charge in [-0.2, -0.15) is 18.2 Å². The molecule has 8 nitrogen and oxygen atoms in total. The summed E-state index contributed by atoms with van der Waals surface area (Å²) < 4.78 is 43.1. The lowest BCUT2D eigenvalue weighted by atomic mass is 10.1. The van der Waals surface area contributed by atoms with Crippen LogP contribution in [-0.2, 0) is 9.63 Å². The van der Waals surface area contributed by atoms with E-state index >= 15 is 0 Å². The van der Waals surface area contributed by atoms with Gasteiger partial charge in [0.25, 0.3) is 0 Å². The summed E-state index contributed by atoms with van der Waals surface area (Å²) in [5.41, 5.74) is 0.576. The molecule has 2 atom stereocenters. The Morgan fingerprint density at radius 3 is 2.44 bits per heavy atom. The van der Waals surface area contributed by atoms with Gasteiger partial charge in [0.05, 0.1) is 13.1 Å². The van der Waals surface area contributed by atoms with Gasteiger partial charge in [0, 0.05) is 10.6 Å². The molecule has 0 aromatic heterocycles. The molecule has 1 aliphatic heterocycles. The number of ether oxygens (including phenoxy) is 2. The first-order chi connectivity index (χ1) is 15.9. The second kappa shape index (κ2) is 12.6. The highest BCUT2D eigenvalue weighted by Gasteiger charge is 2.38. The number of carbonyl (C=O) groups is 2. The van der Waals surface area contributed by atoms with Crippen molar-refractivity contribution in [3.63, 3.8) is 0 Å². The van der Waals surface area contributed by atoms with Crippen molar-refractivity contribution < 1.29 is 47.3 Å². The number of carbonyl (C=O) groups excluding carboxylic acids is 1. The van der Waals surface area contributed by atoms with E-state index in [-0.39, 0.29) is 18.5 Å². The molecular formula is C22H23ClF3NO7. The van der Waals surface area contributed by atoms with E-state index in [0.717, 1.165) is 5.75 Å². The Morgan fingerprint density at radius 2 is 1.85 bits per heavy atom. The summed E-state index contributed by atoms with van der Waals surface area (Å²) in [6.07, 6.45) is -5.94. The number of hydroxylamine groups is 2. The van der Waals surface area contributed by atoms with Gasteiger partial charge in [-0.25, -0.2) is 4.79 Å². The van der Waals surface area contributed by atoms with E-state index in [0.29, 0.717) is 36.0 Å². The van der Waals surface area contributed by atoms with Gasteiger partial charge in [0.1, 0.15) is 36.9 Å². The summed E-state index contributed by atoms with van der Waals surface area (Å²) in [7, 11) is 0. The van der Waals surface area contributed by atoms with E-state index in [1.807, 2.05) is 12.1 Å². The lowest BCUT2D eigenvalue weighted by molar-refractivity contribution is -0.192. The van der Waals surface area contributed by atoms with Crippen LogP contribution in [0.3, 0.4) is 0 Å². The van der Waals surface area contributed by atoms with Crippen molar-refractivity contribution in [3.8, 4) is 11.5 Å². The Bertz CT molecular complexity index is 956. The van der Waals surface area contributed by atoms with E-state index in [1.165, 1.54) is 6.92 Å². The van der Waals surface area contributed by atoms with Gasteiger partial charge in [0.15, 0.2) is 5.78 Å². The number of Topliss-reactive ketones (excluding diaryl/α,β-unsaturated/α-hetero) is 1. The SMILES string of the molecule is CC(=O)c1cccc(OC[C@@H](O)CN2C[C@@H](Oc3ccc(Cl)cc3)CO2)c1.O=C(O)C(F)(F)F. The van der Waals surface area contributed by atoms with Crippen LogP contribution in [0.1, 0.15) is 17.3 Å². The third-order valence-electron chi connectivity index (χ3n) is 4.31. The molecule has 0 spiro atoms. The number of alkyl halides is 3. The molecule has 3 rings (SSSR count). The van der Waals surface area contributed by atoms with Crippen LogP contribution >= 0.6 is 11.6 Å². The molecule has 1 fully saturated rings. The molecule has 0 amide bonds. The molecule has 34 heavy (non-hydrogen) atoms. The molecule has 2 aromatic rings. The molecular weight excluding hydrogens is 483 g/mol. The lowest BCUT2D eigenvalue weighted by Crippen LogP contribution is -2.34. The average Bonchev–Trinajstić information content (AvgIpc) is 3.20. The first-order valence-electron chi connectivity index (χ1n) is 9.96. The normalized spacial score (nSPS) is 16.8. The van der Waals surface area contributed by atoms with Gasteiger partial charge < -0.3 is 19.7 Å². The molecule has 2 N–H and O–H groups in total. The first-order valence-corrected chi connectivity index (χ1v) is 10.3. The Balaban J connectivity index is 0.000000509. The topological polar surface area (TPSA) is 106 Å². The number of carboxylic acid groups (broad SMARTS) is 1.